The van der Waals surface area contributed by atoms with E-state index in [4.69, 9.17) is 0 Å². The van der Waals surface area contributed by atoms with Gasteiger partial charge in [-0.05, 0) is 31.3 Å². The highest BCUT2D eigenvalue weighted by molar-refractivity contribution is 5.16. The average molecular weight is 152 g/mol. The van der Waals surface area contributed by atoms with Gasteiger partial charge in [-0.25, -0.2) is 0 Å². The number of allylic oxidation sites excluding steroid dienone is 3. The molecule has 11 heavy (non-hydrogen) atoms. The van der Waals surface area contributed by atoms with E-state index in [9.17, 15) is 5.11 Å². The summed E-state index contributed by atoms with van der Waals surface area (Å²) in [5.74, 6) is 0. The van der Waals surface area contributed by atoms with Crippen LogP contribution in [0.3, 0.4) is 0 Å². The van der Waals surface area contributed by atoms with Crippen molar-refractivity contribution in [1.29, 1.82) is 0 Å². The Bertz CT molecular complexity index is 168. The Balaban J connectivity index is 2.31. The molecule has 0 aromatic carbocycles. The van der Waals surface area contributed by atoms with Crippen LogP contribution < -0.4 is 0 Å². The third kappa shape index (κ3) is 2.51. The number of rotatable bonds is 3. The van der Waals surface area contributed by atoms with E-state index in [1.807, 2.05) is 0 Å². The molecule has 1 N–H and O–H groups in total. The van der Waals surface area contributed by atoms with Gasteiger partial charge >= 0.3 is 0 Å². The van der Waals surface area contributed by atoms with Gasteiger partial charge in [-0.15, -0.1) is 0 Å². The minimum atomic E-state index is -0.156. The summed E-state index contributed by atoms with van der Waals surface area (Å²) in [7, 11) is 0. The molecule has 0 aromatic heterocycles. The zero-order valence-corrected chi connectivity index (χ0v) is 7.09. The second-order valence-corrected chi connectivity index (χ2v) is 2.96. The lowest BCUT2D eigenvalue weighted by Gasteiger charge is -2.03. The van der Waals surface area contributed by atoms with E-state index >= 15 is 0 Å². The van der Waals surface area contributed by atoms with Crippen molar-refractivity contribution in [2.45, 2.75) is 38.7 Å². The van der Waals surface area contributed by atoms with E-state index in [2.05, 4.69) is 25.2 Å². The zero-order valence-electron chi connectivity index (χ0n) is 7.09. The minimum absolute atomic E-state index is 0.156. The van der Waals surface area contributed by atoms with Crippen molar-refractivity contribution in [3.8, 4) is 0 Å². The normalized spacial score (nSPS) is 24.5. The molecular formula is C10H16O. The monoisotopic (exact) mass is 152 g/mol. The van der Waals surface area contributed by atoms with Crippen LogP contribution in [0.5, 0.6) is 0 Å². The molecule has 0 aromatic rings. The molecule has 0 unspecified atom stereocenters. The van der Waals surface area contributed by atoms with Crippen molar-refractivity contribution in [2.75, 3.05) is 0 Å². The first-order chi connectivity index (χ1) is 5.34. The fourth-order valence-corrected chi connectivity index (χ4v) is 1.35. The van der Waals surface area contributed by atoms with Crippen LogP contribution in [0.4, 0.5) is 0 Å². The molecule has 0 bridgehead atoms. The maximum Gasteiger partial charge on any atom is 0.0756 e. The Morgan fingerprint density at radius 2 is 2.45 bits per heavy atom. The molecule has 0 saturated carbocycles. The molecule has 1 aliphatic carbocycles. The summed E-state index contributed by atoms with van der Waals surface area (Å²) in [6.07, 6.45) is 10.3. The molecule has 1 rings (SSSR count). The van der Waals surface area contributed by atoms with Gasteiger partial charge in [-0.2, -0.15) is 0 Å². The van der Waals surface area contributed by atoms with Gasteiger partial charge in [0.05, 0.1) is 6.10 Å². The van der Waals surface area contributed by atoms with Crippen LogP contribution in [0, 0.1) is 0 Å². The van der Waals surface area contributed by atoms with Gasteiger partial charge in [0, 0.05) is 0 Å². The molecule has 0 saturated heterocycles. The molecule has 0 radical (unpaired) electrons. The van der Waals surface area contributed by atoms with Crippen molar-refractivity contribution in [1.82, 2.24) is 0 Å². The van der Waals surface area contributed by atoms with Crippen LogP contribution in [-0.4, -0.2) is 11.2 Å². The van der Waals surface area contributed by atoms with Crippen LogP contribution >= 0.6 is 0 Å². The van der Waals surface area contributed by atoms with Gasteiger partial charge in [0.15, 0.2) is 0 Å². The summed E-state index contributed by atoms with van der Waals surface area (Å²) < 4.78 is 0. The lowest BCUT2D eigenvalue weighted by molar-refractivity contribution is 0.210. The van der Waals surface area contributed by atoms with Gasteiger partial charge in [0.2, 0.25) is 0 Å². The van der Waals surface area contributed by atoms with Crippen molar-refractivity contribution in [3.63, 3.8) is 0 Å². The first kappa shape index (κ1) is 8.54. The predicted molar refractivity (Wildman–Crippen MR) is 47.4 cm³/mol. The van der Waals surface area contributed by atoms with Crippen LogP contribution in [0.15, 0.2) is 23.8 Å². The van der Waals surface area contributed by atoms with Gasteiger partial charge in [-0.3, -0.25) is 0 Å². The molecule has 0 heterocycles. The molecule has 62 valence electrons. The quantitative estimate of drug-likeness (QED) is 0.616. The summed E-state index contributed by atoms with van der Waals surface area (Å²) in [5.41, 5.74) is 1.20. The van der Waals surface area contributed by atoms with Crippen LogP contribution in [0.25, 0.3) is 0 Å². The Morgan fingerprint density at radius 3 is 3.00 bits per heavy atom. The highest BCUT2D eigenvalue weighted by Gasteiger charge is 2.13. The van der Waals surface area contributed by atoms with Crippen molar-refractivity contribution >= 4 is 0 Å². The first-order valence-electron chi connectivity index (χ1n) is 4.36. The van der Waals surface area contributed by atoms with Crippen molar-refractivity contribution in [3.05, 3.63) is 23.8 Å². The predicted octanol–water partition coefficient (Wildman–Crippen LogP) is 2.42. The maximum atomic E-state index is 9.39. The van der Waals surface area contributed by atoms with E-state index in [0.29, 0.717) is 0 Å². The number of aliphatic hydroxyl groups excluding tert-OH is 1. The lowest BCUT2D eigenvalue weighted by Crippen LogP contribution is -2.03. The molecule has 1 nitrogen and oxygen atoms in total. The van der Waals surface area contributed by atoms with Crippen molar-refractivity contribution in [2.24, 2.45) is 0 Å². The van der Waals surface area contributed by atoms with Gasteiger partial charge in [0.25, 0.3) is 0 Å². The number of hydrogen-bond donors (Lipinski definition) is 1. The maximum absolute atomic E-state index is 9.39. The number of aliphatic hydroxyl groups is 1. The molecule has 0 spiro atoms. The Labute approximate surface area is 68.4 Å². The standard InChI is InChI=1S/C10H16O/c1-2-3-4-6-9-7-5-8-10(9)11/h3-4,7,10-11H,2,5-6,8H2,1H3/b4-3-/t10-/m1/s1. The molecule has 0 amide bonds. The SMILES string of the molecule is CC/C=C\CC1=CCC[C@H]1O. The second-order valence-electron chi connectivity index (χ2n) is 2.96. The Morgan fingerprint density at radius 1 is 1.64 bits per heavy atom. The summed E-state index contributed by atoms with van der Waals surface area (Å²) in [6.45, 7) is 2.12. The van der Waals surface area contributed by atoms with E-state index in [-0.39, 0.29) is 6.10 Å². The fourth-order valence-electron chi connectivity index (χ4n) is 1.35. The lowest BCUT2D eigenvalue weighted by atomic mass is 10.1. The highest BCUT2D eigenvalue weighted by atomic mass is 16.3. The molecule has 0 aliphatic heterocycles. The Hall–Kier alpha value is -0.560. The summed E-state index contributed by atoms with van der Waals surface area (Å²) >= 11 is 0. The van der Waals surface area contributed by atoms with Gasteiger partial charge in [0.1, 0.15) is 0 Å². The summed E-state index contributed by atoms with van der Waals surface area (Å²) in [4.78, 5) is 0. The van der Waals surface area contributed by atoms with E-state index in [0.717, 1.165) is 25.7 Å². The third-order valence-electron chi connectivity index (χ3n) is 2.03. The number of hydrogen-bond acceptors (Lipinski definition) is 1. The average Bonchev–Trinajstić information content (AvgIpc) is 2.37. The molecular weight excluding hydrogens is 136 g/mol. The molecule has 1 heteroatoms. The van der Waals surface area contributed by atoms with E-state index in [1.165, 1.54) is 5.57 Å². The van der Waals surface area contributed by atoms with Gasteiger partial charge in [-0.1, -0.05) is 25.2 Å². The first-order valence-corrected chi connectivity index (χ1v) is 4.36. The van der Waals surface area contributed by atoms with E-state index < -0.39 is 0 Å². The van der Waals surface area contributed by atoms with Gasteiger partial charge < -0.3 is 5.11 Å². The third-order valence-corrected chi connectivity index (χ3v) is 2.03. The van der Waals surface area contributed by atoms with Crippen LogP contribution in [0.1, 0.15) is 32.6 Å². The Kier molecular flexibility index (Phi) is 3.37. The van der Waals surface area contributed by atoms with Crippen molar-refractivity contribution < 1.29 is 5.11 Å². The smallest absolute Gasteiger partial charge is 0.0756 e. The zero-order chi connectivity index (χ0) is 8.10. The molecule has 0 fully saturated rings. The fraction of sp³-hybridized carbons (Fsp3) is 0.600. The molecule has 1 aliphatic rings. The largest absolute Gasteiger partial charge is 0.389 e. The minimum Gasteiger partial charge on any atom is -0.389 e. The van der Waals surface area contributed by atoms with Crippen LogP contribution in [0.2, 0.25) is 0 Å². The summed E-state index contributed by atoms with van der Waals surface area (Å²) in [5, 5.41) is 9.39. The second kappa shape index (κ2) is 4.35. The topological polar surface area (TPSA) is 20.2 Å². The summed E-state index contributed by atoms with van der Waals surface area (Å²) in [6, 6.07) is 0. The van der Waals surface area contributed by atoms with E-state index in [1.54, 1.807) is 0 Å². The molecule has 1 atom stereocenters. The highest BCUT2D eigenvalue weighted by Crippen LogP contribution is 2.21. The van der Waals surface area contributed by atoms with Crippen LogP contribution in [-0.2, 0) is 0 Å².